The summed E-state index contributed by atoms with van der Waals surface area (Å²) in [5, 5.41) is 0. The Morgan fingerprint density at radius 3 is 2.35 bits per heavy atom. The zero-order chi connectivity index (χ0) is 12.8. The highest BCUT2D eigenvalue weighted by molar-refractivity contribution is 5.81. The van der Waals surface area contributed by atoms with Crippen LogP contribution >= 0.6 is 0 Å². The zero-order valence-corrected chi connectivity index (χ0v) is 10.8. The maximum Gasteiger partial charge on any atom is 0.239 e. The molecule has 1 unspecified atom stereocenters. The van der Waals surface area contributed by atoms with Gasteiger partial charge in [-0.1, -0.05) is 13.3 Å². The van der Waals surface area contributed by atoms with Gasteiger partial charge in [0.1, 0.15) is 0 Å². The molecule has 0 bridgehead atoms. The van der Waals surface area contributed by atoms with Crippen molar-refractivity contribution in [1.82, 2.24) is 9.80 Å². The van der Waals surface area contributed by atoms with E-state index in [1.165, 1.54) is 0 Å². The van der Waals surface area contributed by atoms with Gasteiger partial charge in [-0.3, -0.25) is 9.59 Å². The van der Waals surface area contributed by atoms with Gasteiger partial charge < -0.3 is 15.5 Å². The second-order valence-corrected chi connectivity index (χ2v) is 4.58. The molecule has 1 heterocycles. The SMILES string of the molecule is CCCC(N)C(=O)N1CCCN(C(C)=O)CC1. The monoisotopic (exact) mass is 241 g/mol. The van der Waals surface area contributed by atoms with Crippen molar-refractivity contribution in [2.45, 2.75) is 39.2 Å². The number of carbonyl (C=O) groups excluding carboxylic acids is 2. The van der Waals surface area contributed by atoms with E-state index < -0.39 is 0 Å². The summed E-state index contributed by atoms with van der Waals surface area (Å²) >= 11 is 0. The molecule has 1 saturated heterocycles. The largest absolute Gasteiger partial charge is 0.341 e. The summed E-state index contributed by atoms with van der Waals surface area (Å²) in [5.74, 6) is 0.106. The first-order valence-corrected chi connectivity index (χ1v) is 6.36. The van der Waals surface area contributed by atoms with Crippen molar-refractivity contribution in [3.63, 3.8) is 0 Å². The highest BCUT2D eigenvalue weighted by Crippen LogP contribution is 2.06. The summed E-state index contributed by atoms with van der Waals surface area (Å²) < 4.78 is 0. The summed E-state index contributed by atoms with van der Waals surface area (Å²) in [5.41, 5.74) is 5.83. The summed E-state index contributed by atoms with van der Waals surface area (Å²) in [6, 6.07) is -0.385. The van der Waals surface area contributed by atoms with E-state index in [0.717, 1.165) is 25.8 Å². The van der Waals surface area contributed by atoms with Crippen molar-refractivity contribution in [3.8, 4) is 0 Å². The second-order valence-electron chi connectivity index (χ2n) is 4.58. The summed E-state index contributed by atoms with van der Waals surface area (Å²) in [6.07, 6.45) is 2.48. The van der Waals surface area contributed by atoms with E-state index in [2.05, 4.69) is 0 Å². The highest BCUT2D eigenvalue weighted by atomic mass is 16.2. The van der Waals surface area contributed by atoms with Crippen LogP contribution in [0.3, 0.4) is 0 Å². The molecule has 1 fully saturated rings. The normalized spacial score (nSPS) is 18.8. The van der Waals surface area contributed by atoms with Gasteiger partial charge in [0.15, 0.2) is 0 Å². The van der Waals surface area contributed by atoms with E-state index in [4.69, 9.17) is 5.73 Å². The Hall–Kier alpha value is -1.10. The Morgan fingerprint density at radius 2 is 1.76 bits per heavy atom. The predicted octanol–water partition coefficient (Wildman–Crippen LogP) is 0.195. The molecule has 0 aromatic rings. The molecule has 1 rings (SSSR count). The van der Waals surface area contributed by atoms with Crippen molar-refractivity contribution < 1.29 is 9.59 Å². The molecule has 0 aromatic heterocycles. The Kier molecular flexibility index (Phi) is 5.41. The molecule has 1 aliphatic heterocycles. The van der Waals surface area contributed by atoms with E-state index in [-0.39, 0.29) is 17.9 Å². The molecule has 98 valence electrons. The van der Waals surface area contributed by atoms with Crippen LogP contribution in [0, 0.1) is 0 Å². The van der Waals surface area contributed by atoms with E-state index in [1.54, 1.807) is 16.7 Å². The molecule has 0 saturated carbocycles. The summed E-state index contributed by atoms with van der Waals surface area (Å²) in [6.45, 7) is 6.27. The molecule has 17 heavy (non-hydrogen) atoms. The molecule has 2 amide bonds. The van der Waals surface area contributed by atoms with Crippen LogP contribution in [0.4, 0.5) is 0 Å². The third kappa shape index (κ3) is 4.00. The molecule has 1 aliphatic rings. The molecule has 2 N–H and O–H groups in total. The van der Waals surface area contributed by atoms with Crippen LogP contribution in [-0.2, 0) is 9.59 Å². The summed E-state index contributed by atoms with van der Waals surface area (Å²) in [4.78, 5) is 26.9. The third-order valence-electron chi connectivity index (χ3n) is 3.17. The molecule has 1 atom stereocenters. The minimum absolute atomic E-state index is 0.0252. The molecule has 0 aliphatic carbocycles. The van der Waals surface area contributed by atoms with Crippen LogP contribution in [0.1, 0.15) is 33.1 Å². The highest BCUT2D eigenvalue weighted by Gasteiger charge is 2.23. The number of nitrogens with two attached hydrogens (primary N) is 1. The van der Waals surface area contributed by atoms with Gasteiger partial charge in [-0.15, -0.1) is 0 Å². The van der Waals surface area contributed by atoms with Gasteiger partial charge in [-0.05, 0) is 12.8 Å². The molecular weight excluding hydrogens is 218 g/mol. The van der Waals surface area contributed by atoms with Crippen LogP contribution in [-0.4, -0.2) is 53.8 Å². The quantitative estimate of drug-likeness (QED) is 0.767. The zero-order valence-electron chi connectivity index (χ0n) is 10.8. The lowest BCUT2D eigenvalue weighted by Gasteiger charge is -2.24. The minimum atomic E-state index is -0.385. The van der Waals surface area contributed by atoms with E-state index in [0.29, 0.717) is 19.6 Å². The maximum atomic E-state index is 12.0. The van der Waals surface area contributed by atoms with Crippen LogP contribution in [0.15, 0.2) is 0 Å². The van der Waals surface area contributed by atoms with Crippen LogP contribution in [0.5, 0.6) is 0 Å². The van der Waals surface area contributed by atoms with Crippen LogP contribution in [0.25, 0.3) is 0 Å². The van der Waals surface area contributed by atoms with Crippen molar-refractivity contribution in [1.29, 1.82) is 0 Å². The van der Waals surface area contributed by atoms with Crippen molar-refractivity contribution >= 4 is 11.8 Å². The lowest BCUT2D eigenvalue weighted by atomic mass is 10.1. The number of carbonyl (C=O) groups is 2. The Labute approximate surface area is 103 Å². The predicted molar refractivity (Wildman–Crippen MR) is 66.3 cm³/mol. The fourth-order valence-electron chi connectivity index (χ4n) is 2.12. The van der Waals surface area contributed by atoms with Crippen LogP contribution < -0.4 is 5.73 Å². The first-order valence-electron chi connectivity index (χ1n) is 6.36. The lowest BCUT2D eigenvalue weighted by molar-refractivity contribution is -0.133. The molecule has 5 nitrogen and oxygen atoms in total. The molecule has 5 heteroatoms. The van der Waals surface area contributed by atoms with Gasteiger partial charge in [-0.25, -0.2) is 0 Å². The Morgan fingerprint density at radius 1 is 1.18 bits per heavy atom. The average molecular weight is 241 g/mol. The standard InChI is InChI=1S/C12H23N3O2/c1-3-5-11(13)12(17)15-7-4-6-14(8-9-15)10(2)16/h11H,3-9,13H2,1-2H3. The second kappa shape index (κ2) is 6.59. The number of hydrogen-bond acceptors (Lipinski definition) is 3. The number of hydrogen-bond donors (Lipinski definition) is 1. The van der Waals surface area contributed by atoms with Gasteiger partial charge in [0.05, 0.1) is 6.04 Å². The maximum absolute atomic E-state index is 12.0. The van der Waals surface area contributed by atoms with Crippen molar-refractivity contribution in [3.05, 3.63) is 0 Å². The molecule has 0 radical (unpaired) electrons. The third-order valence-corrected chi connectivity index (χ3v) is 3.17. The van der Waals surface area contributed by atoms with Gasteiger partial charge in [0, 0.05) is 33.1 Å². The fourth-order valence-corrected chi connectivity index (χ4v) is 2.12. The molecule has 0 aromatic carbocycles. The van der Waals surface area contributed by atoms with Crippen molar-refractivity contribution in [2.24, 2.45) is 5.73 Å². The van der Waals surface area contributed by atoms with E-state index in [9.17, 15) is 9.59 Å². The van der Waals surface area contributed by atoms with Gasteiger partial charge in [0.2, 0.25) is 11.8 Å². The van der Waals surface area contributed by atoms with Crippen LogP contribution in [0.2, 0.25) is 0 Å². The molecular formula is C12H23N3O2. The first kappa shape index (κ1) is 14.0. The van der Waals surface area contributed by atoms with Crippen molar-refractivity contribution in [2.75, 3.05) is 26.2 Å². The van der Waals surface area contributed by atoms with Gasteiger partial charge >= 0.3 is 0 Å². The number of amides is 2. The summed E-state index contributed by atoms with van der Waals surface area (Å²) in [7, 11) is 0. The fraction of sp³-hybridized carbons (Fsp3) is 0.833. The smallest absolute Gasteiger partial charge is 0.239 e. The van der Waals surface area contributed by atoms with E-state index >= 15 is 0 Å². The van der Waals surface area contributed by atoms with E-state index in [1.807, 2.05) is 6.92 Å². The Bertz CT molecular complexity index is 281. The first-order chi connectivity index (χ1) is 8.06. The van der Waals surface area contributed by atoms with Gasteiger partial charge in [-0.2, -0.15) is 0 Å². The lowest BCUT2D eigenvalue weighted by Crippen LogP contribution is -2.45. The van der Waals surface area contributed by atoms with Gasteiger partial charge in [0.25, 0.3) is 0 Å². The minimum Gasteiger partial charge on any atom is -0.341 e. The topological polar surface area (TPSA) is 66.6 Å². The Balaban J connectivity index is 2.50. The average Bonchev–Trinajstić information content (AvgIpc) is 2.53. The number of rotatable bonds is 3. The molecule has 0 spiro atoms. The number of nitrogens with zero attached hydrogens (tertiary/aromatic N) is 2.